The number of hydrogen-bond acceptors (Lipinski definition) is 4. The average molecular weight is 222 g/mol. The summed E-state index contributed by atoms with van der Waals surface area (Å²) < 4.78 is 25.7. The number of hydrogen-bond donors (Lipinski definition) is 2. The standard InChI is InChI=1S/C10H8F2N4/c11-7-2-1-6(5-8(7)12)9-3-4-14-10(15-9)16-13/h1-5H,13H2,(H,14,15,16). The molecule has 6 heteroatoms. The second kappa shape index (κ2) is 4.19. The Labute approximate surface area is 90.1 Å². The number of anilines is 1. The second-order valence-corrected chi connectivity index (χ2v) is 3.04. The van der Waals surface area contributed by atoms with Crippen molar-refractivity contribution in [2.75, 3.05) is 5.43 Å². The maximum atomic E-state index is 13.0. The van der Waals surface area contributed by atoms with E-state index in [9.17, 15) is 8.78 Å². The molecule has 0 aliphatic carbocycles. The van der Waals surface area contributed by atoms with Crippen LogP contribution in [0.25, 0.3) is 11.3 Å². The van der Waals surface area contributed by atoms with Crippen molar-refractivity contribution in [2.45, 2.75) is 0 Å². The van der Waals surface area contributed by atoms with Gasteiger partial charge in [0.05, 0.1) is 5.69 Å². The molecule has 1 aromatic carbocycles. The highest BCUT2D eigenvalue weighted by atomic mass is 19.2. The van der Waals surface area contributed by atoms with Crippen LogP contribution in [-0.2, 0) is 0 Å². The topological polar surface area (TPSA) is 63.8 Å². The van der Waals surface area contributed by atoms with Gasteiger partial charge in [0.1, 0.15) is 0 Å². The fourth-order valence-electron chi connectivity index (χ4n) is 1.24. The minimum absolute atomic E-state index is 0.210. The number of nitrogen functional groups attached to an aromatic ring is 1. The molecule has 0 spiro atoms. The van der Waals surface area contributed by atoms with E-state index < -0.39 is 11.6 Å². The quantitative estimate of drug-likeness (QED) is 0.599. The largest absolute Gasteiger partial charge is 0.292 e. The summed E-state index contributed by atoms with van der Waals surface area (Å²) in [6.45, 7) is 0. The third-order valence-electron chi connectivity index (χ3n) is 2.00. The van der Waals surface area contributed by atoms with Crippen LogP contribution in [0.1, 0.15) is 0 Å². The van der Waals surface area contributed by atoms with Crippen LogP contribution >= 0.6 is 0 Å². The zero-order valence-electron chi connectivity index (χ0n) is 8.11. The monoisotopic (exact) mass is 222 g/mol. The summed E-state index contributed by atoms with van der Waals surface area (Å²) in [6.07, 6.45) is 1.47. The van der Waals surface area contributed by atoms with Crippen molar-refractivity contribution in [3.8, 4) is 11.3 Å². The first-order valence-electron chi connectivity index (χ1n) is 4.46. The first-order valence-corrected chi connectivity index (χ1v) is 4.46. The van der Waals surface area contributed by atoms with Gasteiger partial charge in [0.25, 0.3) is 0 Å². The average Bonchev–Trinajstić information content (AvgIpc) is 2.33. The van der Waals surface area contributed by atoms with E-state index in [2.05, 4.69) is 15.4 Å². The summed E-state index contributed by atoms with van der Waals surface area (Å²) >= 11 is 0. The third kappa shape index (κ3) is 1.96. The predicted octanol–water partition coefficient (Wildman–Crippen LogP) is 1.71. The van der Waals surface area contributed by atoms with Gasteiger partial charge in [0.15, 0.2) is 11.6 Å². The highest BCUT2D eigenvalue weighted by molar-refractivity contribution is 5.59. The van der Waals surface area contributed by atoms with Crippen molar-refractivity contribution in [3.05, 3.63) is 42.1 Å². The fourth-order valence-corrected chi connectivity index (χ4v) is 1.24. The third-order valence-corrected chi connectivity index (χ3v) is 2.00. The Morgan fingerprint density at radius 1 is 1.12 bits per heavy atom. The lowest BCUT2D eigenvalue weighted by Gasteiger charge is -2.03. The highest BCUT2D eigenvalue weighted by Gasteiger charge is 2.06. The molecule has 82 valence electrons. The van der Waals surface area contributed by atoms with Crippen molar-refractivity contribution in [1.29, 1.82) is 0 Å². The number of nitrogens with one attached hydrogen (secondary N) is 1. The van der Waals surface area contributed by atoms with Gasteiger partial charge in [-0.2, -0.15) is 0 Å². The lowest BCUT2D eigenvalue weighted by molar-refractivity contribution is 0.509. The molecule has 2 aromatic rings. The van der Waals surface area contributed by atoms with Gasteiger partial charge < -0.3 is 0 Å². The van der Waals surface area contributed by atoms with Gasteiger partial charge in [-0.3, -0.25) is 5.43 Å². The molecule has 1 aromatic heterocycles. The van der Waals surface area contributed by atoms with E-state index in [1.165, 1.54) is 12.3 Å². The Morgan fingerprint density at radius 2 is 1.94 bits per heavy atom. The molecule has 0 atom stereocenters. The molecule has 0 saturated carbocycles. The first kappa shape index (κ1) is 10.4. The maximum Gasteiger partial charge on any atom is 0.237 e. The van der Waals surface area contributed by atoms with Crippen molar-refractivity contribution < 1.29 is 8.78 Å². The molecule has 0 radical (unpaired) electrons. The zero-order chi connectivity index (χ0) is 11.5. The van der Waals surface area contributed by atoms with E-state index in [4.69, 9.17) is 5.84 Å². The molecule has 0 amide bonds. The van der Waals surface area contributed by atoms with Crippen LogP contribution in [0.15, 0.2) is 30.5 Å². The van der Waals surface area contributed by atoms with Gasteiger partial charge >= 0.3 is 0 Å². The smallest absolute Gasteiger partial charge is 0.237 e. The molecule has 4 nitrogen and oxygen atoms in total. The summed E-state index contributed by atoms with van der Waals surface area (Å²) in [6, 6.07) is 5.12. The molecule has 0 fully saturated rings. The lowest BCUT2D eigenvalue weighted by Crippen LogP contribution is -2.10. The van der Waals surface area contributed by atoms with Gasteiger partial charge in [-0.05, 0) is 24.3 Å². The molecule has 0 saturated heterocycles. The number of halogens is 2. The van der Waals surface area contributed by atoms with Gasteiger partial charge in [-0.15, -0.1) is 0 Å². The Morgan fingerprint density at radius 3 is 2.62 bits per heavy atom. The SMILES string of the molecule is NNc1nccc(-c2ccc(F)c(F)c2)n1. The van der Waals surface area contributed by atoms with Crippen molar-refractivity contribution >= 4 is 5.95 Å². The Hall–Kier alpha value is -2.08. The number of nitrogens with two attached hydrogens (primary N) is 1. The molecule has 0 aliphatic rings. The van der Waals surface area contributed by atoms with Crippen LogP contribution < -0.4 is 11.3 Å². The van der Waals surface area contributed by atoms with Crippen molar-refractivity contribution in [2.24, 2.45) is 5.84 Å². The second-order valence-electron chi connectivity index (χ2n) is 3.04. The molecule has 0 bridgehead atoms. The van der Waals surface area contributed by atoms with E-state index in [0.29, 0.717) is 11.3 Å². The molecule has 2 rings (SSSR count). The fraction of sp³-hybridized carbons (Fsp3) is 0. The molecular weight excluding hydrogens is 214 g/mol. The molecule has 0 aliphatic heterocycles. The minimum atomic E-state index is -0.918. The van der Waals surface area contributed by atoms with E-state index in [0.717, 1.165) is 12.1 Å². The number of hydrazine groups is 1. The number of rotatable bonds is 2. The van der Waals surface area contributed by atoms with Crippen LogP contribution in [0, 0.1) is 11.6 Å². The zero-order valence-corrected chi connectivity index (χ0v) is 8.11. The van der Waals surface area contributed by atoms with Gasteiger partial charge in [-0.25, -0.2) is 24.6 Å². The maximum absolute atomic E-state index is 13.0. The minimum Gasteiger partial charge on any atom is -0.292 e. The van der Waals surface area contributed by atoms with Crippen LogP contribution in [-0.4, -0.2) is 9.97 Å². The molecule has 0 unspecified atom stereocenters. The predicted molar refractivity (Wildman–Crippen MR) is 55.2 cm³/mol. The summed E-state index contributed by atoms with van der Waals surface area (Å²) in [7, 11) is 0. The Bertz CT molecular complexity index is 516. The van der Waals surface area contributed by atoms with Crippen LogP contribution in [0.2, 0.25) is 0 Å². The molecule has 3 N–H and O–H groups in total. The normalized spacial score (nSPS) is 10.2. The van der Waals surface area contributed by atoms with Gasteiger partial charge in [0, 0.05) is 11.8 Å². The number of aromatic nitrogens is 2. The number of benzene rings is 1. The lowest BCUT2D eigenvalue weighted by atomic mass is 10.1. The van der Waals surface area contributed by atoms with E-state index in [1.807, 2.05) is 0 Å². The van der Waals surface area contributed by atoms with E-state index in [1.54, 1.807) is 6.07 Å². The van der Waals surface area contributed by atoms with E-state index in [-0.39, 0.29) is 5.95 Å². The first-order chi connectivity index (χ1) is 7.70. The molecule has 1 heterocycles. The van der Waals surface area contributed by atoms with Gasteiger partial charge in [-0.1, -0.05) is 0 Å². The summed E-state index contributed by atoms with van der Waals surface area (Å²) in [4.78, 5) is 7.80. The summed E-state index contributed by atoms with van der Waals surface area (Å²) in [5.74, 6) is 3.54. The van der Waals surface area contributed by atoms with Crippen LogP contribution in [0.3, 0.4) is 0 Å². The summed E-state index contributed by atoms with van der Waals surface area (Å²) in [5.41, 5.74) is 3.19. The van der Waals surface area contributed by atoms with Crippen LogP contribution in [0.5, 0.6) is 0 Å². The van der Waals surface area contributed by atoms with Gasteiger partial charge in [0.2, 0.25) is 5.95 Å². The molecular formula is C10H8F2N4. The summed E-state index contributed by atoms with van der Waals surface area (Å²) in [5, 5.41) is 0. The Balaban J connectivity index is 2.46. The Kier molecular flexibility index (Phi) is 2.74. The number of nitrogens with zero attached hydrogens (tertiary/aromatic N) is 2. The van der Waals surface area contributed by atoms with Crippen LogP contribution in [0.4, 0.5) is 14.7 Å². The van der Waals surface area contributed by atoms with Crippen molar-refractivity contribution in [1.82, 2.24) is 9.97 Å². The highest BCUT2D eigenvalue weighted by Crippen LogP contribution is 2.19. The van der Waals surface area contributed by atoms with E-state index >= 15 is 0 Å². The van der Waals surface area contributed by atoms with Crippen molar-refractivity contribution in [3.63, 3.8) is 0 Å². The molecule has 16 heavy (non-hydrogen) atoms.